The molecule has 7 aromatic rings. The molecule has 0 bridgehead atoms. The van der Waals surface area contributed by atoms with E-state index in [1.54, 1.807) is 5.57 Å². The number of fused-ring (bicyclic) bond motifs is 6. The maximum absolute atomic E-state index is 7.18. The predicted octanol–water partition coefficient (Wildman–Crippen LogP) is 12.4. The Morgan fingerprint density at radius 3 is 2.05 bits per heavy atom. The van der Waals surface area contributed by atoms with Crippen LogP contribution in [0.15, 0.2) is 151 Å². The van der Waals surface area contributed by atoms with Crippen LogP contribution in [0.4, 0.5) is 17.1 Å². The number of anilines is 3. The molecule has 0 spiro atoms. The van der Waals surface area contributed by atoms with Crippen molar-refractivity contribution < 1.29 is 9.47 Å². The van der Waals surface area contributed by atoms with Crippen molar-refractivity contribution in [2.75, 3.05) is 4.90 Å². The van der Waals surface area contributed by atoms with Gasteiger partial charge in [0.05, 0.1) is 5.69 Å². The Labute approximate surface area is 336 Å². The number of nitrogens with zero attached hydrogens (tertiary/aromatic N) is 1. The average molecular weight is 740 g/mol. The molecule has 0 saturated carbocycles. The van der Waals surface area contributed by atoms with Gasteiger partial charge in [-0.05, 0) is 124 Å². The molecule has 2 aliphatic heterocycles. The Hall–Kier alpha value is -6.00. The normalized spacial score (nSPS) is 19.3. The number of allylic oxidation sites excluding steroid dienone is 2. The van der Waals surface area contributed by atoms with Crippen LogP contribution in [0.5, 0.6) is 23.0 Å². The lowest BCUT2D eigenvalue weighted by Crippen LogP contribution is -2.57. The zero-order chi connectivity index (χ0) is 38.6. The molecular formula is C53H46BNO2. The Balaban J connectivity index is 1.12. The van der Waals surface area contributed by atoms with E-state index in [-0.39, 0.29) is 17.5 Å². The van der Waals surface area contributed by atoms with Gasteiger partial charge >= 0.3 is 0 Å². The summed E-state index contributed by atoms with van der Waals surface area (Å²) in [6.07, 6.45) is 5.90. The fourth-order valence-corrected chi connectivity index (χ4v) is 10.9. The predicted molar refractivity (Wildman–Crippen MR) is 238 cm³/mol. The summed E-state index contributed by atoms with van der Waals surface area (Å²) in [7, 11) is 0. The maximum Gasteiger partial charge on any atom is 0.260 e. The SMILES string of the molecule is CCC1=CC(C)(c2cc3c4c(c2)Oc2cc5c(cc2B4c2ccccc2O3)C(C)(C)c2cccc3c(N(c4ccccc4)c4ccccc4)ccc-5c23)CC(C)C1. The molecule has 2 unspecified atom stereocenters. The lowest BCUT2D eigenvalue weighted by molar-refractivity contribution is 0.377. The summed E-state index contributed by atoms with van der Waals surface area (Å²) in [6, 6.07) is 51.1. The third kappa shape index (κ3) is 5.12. The van der Waals surface area contributed by atoms with Crippen LogP contribution >= 0.6 is 0 Å². The summed E-state index contributed by atoms with van der Waals surface area (Å²) in [4.78, 5) is 2.39. The highest BCUT2D eigenvalue weighted by Crippen LogP contribution is 2.53. The third-order valence-electron chi connectivity index (χ3n) is 13.5. The van der Waals surface area contributed by atoms with Crippen LogP contribution < -0.4 is 30.8 Å². The minimum absolute atomic E-state index is 0.00329. The quantitative estimate of drug-likeness (QED) is 0.130. The van der Waals surface area contributed by atoms with Crippen LogP contribution in [0.3, 0.4) is 0 Å². The van der Waals surface area contributed by atoms with Gasteiger partial charge in [-0.25, -0.2) is 0 Å². The van der Waals surface area contributed by atoms with E-state index in [0.717, 1.165) is 52.7 Å². The summed E-state index contributed by atoms with van der Waals surface area (Å²) < 4.78 is 14.0. The molecule has 57 heavy (non-hydrogen) atoms. The fraction of sp³-hybridized carbons (Fsp3) is 0.208. The lowest BCUT2D eigenvalue weighted by atomic mass is 9.34. The first-order chi connectivity index (χ1) is 27.7. The summed E-state index contributed by atoms with van der Waals surface area (Å²) in [5, 5.41) is 2.54. The molecule has 0 saturated heterocycles. The van der Waals surface area contributed by atoms with Crippen LogP contribution in [-0.2, 0) is 10.8 Å². The number of hydrogen-bond acceptors (Lipinski definition) is 3. The first kappa shape index (κ1) is 34.3. The zero-order valence-electron chi connectivity index (χ0n) is 33.4. The number of hydrogen-bond donors (Lipinski definition) is 0. The van der Waals surface area contributed by atoms with Crippen molar-refractivity contribution in [3.63, 3.8) is 0 Å². The van der Waals surface area contributed by atoms with Crippen molar-refractivity contribution in [3.8, 4) is 34.1 Å². The van der Waals surface area contributed by atoms with Gasteiger partial charge in [-0.15, -0.1) is 0 Å². The lowest BCUT2D eigenvalue weighted by Gasteiger charge is -2.40. The van der Waals surface area contributed by atoms with Crippen LogP contribution in [0.25, 0.3) is 21.9 Å². The minimum atomic E-state index is -0.271. The van der Waals surface area contributed by atoms with E-state index in [4.69, 9.17) is 9.47 Å². The third-order valence-corrected chi connectivity index (χ3v) is 13.5. The maximum atomic E-state index is 7.18. The summed E-state index contributed by atoms with van der Waals surface area (Å²) in [5.41, 5.74) is 14.6. The zero-order valence-corrected chi connectivity index (χ0v) is 33.4. The Kier molecular flexibility index (Phi) is 7.52. The Morgan fingerprint density at radius 2 is 1.33 bits per heavy atom. The van der Waals surface area contributed by atoms with Gasteiger partial charge in [-0.1, -0.05) is 131 Å². The van der Waals surface area contributed by atoms with Gasteiger partial charge in [-0.3, -0.25) is 0 Å². The van der Waals surface area contributed by atoms with Gasteiger partial charge < -0.3 is 14.4 Å². The number of rotatable bonds is 5. The van der Waals surface area contributed by atoms with Crippen LogP contribution in [-0.4, -0.2) is 6.71 Å². The van der Waals surface area contributed by atoms with Gasteiger partial charge in [0.15, 0.2) is 0 Å². The van der Waals surface area contributed by atoms with Gasteiger partial charge in [0.1, 0.15) is 23.0 Å². The van der Waals surface area contributed by atoms with E-state index in [2.05, 4.69) is 185 Å². The van der Waals surface area contributed by atoms with Gasteiger partial charge in [0, 0.05) is 33.1 Å². The molecule has 0 radical (unpaired) electrons. The van der Waals surface area contributed by atoms with Crippen LogP contribution in [0, 0.1) is 5.92 Å². The summed E-state index contributed by atoms with van der Waals surface area (Å²) >= 11 is 0. The minimum Gasteiger partial charge on any atom is -0.458 e. The molecule has 2 heterocycles. The molecule has 4 heteroatoms. The summed E-state index contributed by atoms with van der Waals surface area (Å²) in [6.45, 7) is 11.9. The molecule has 7 aromatic carbocycles. The average Bonchev–Trinajstić information content (AvgIpc) is 3.23. The molecule has 278 valence electrons. The van der Waals surface area contributed by atoms with E-state index >= 15 is 0 Å². The molecule has 4 aliphatic rings. The van der Waals surface area contributed by atoms with E-state index < -0.39 is 0 Å². The topological polar surface area (TPSA) is 21.7 Å². The second kappa shape index (κ2) is 12.5. The number of para-hydroxylation sites is 3. The highest BCUT2D eigenvalue weighted by atomic mass is 16.5. The van der Waals surface area contributed by atoms with Crippen molar-refractivity contribution in [2.45, 2.75) is 64.7 Å². The van der Waals surface area contributed by atoms with Crippen LogP contribution in [0.1, 0.15) is 70.6 Å². The van der Waals surface area contributed by atoms with Crippen molar-refractivity contribution in [3.05, 3.63) is 168 Å². The number of ether oxygens (including phenoxy) is 2. The second-order valence-corrected chi connectivity index (χ2v) is 17.6. The smallest absolute Gasteiger partial charge is 0.260 e. The molecule has 0 amide bonds. The first-order valence-corrected chi connectivity index (χ1v) is 20.7. The molecule has 2 atom stereocenters. The van der Waals surface area contributed by atoms with Gasteiger partial charge in [0.2, 0.25) is 0 Å². The molecule has 11 rings (SSSR count). The fourth-order valence-electron chi connectivity index (χ4n) is 10.9. The molecule has 2 aliphatic carbocycles. The molecule has 0 fully saturated rings. The monoisotopic (exact) mass is 739 g/mol. The molecule has 3 nitrogen and oxygen atoms in total. The van der Waals surface area contributed by atoms with E-state index in [1.807, 2.05) is 0 Å². The molecule has 0 N–H and O–H groups in total. The van der Waals surface area contributed by atoms with E-state index in [9.17, 15) is 0 Å². The number of benzene rings is 7. The highest BCUT2D eigenvalue weighted by Gasteiger charge is 2.44. The Bertz CT molecular complexity index is 2770. The largest absolute Gasteiger partial charge is 0.458 e. The van der Waals surface area contributed by atoms with E-state index in [0.29, 0.717) is 5.92 Å². The van der Waals surface area contributed by atoms with E-state index in [1.165, 1.54) is 61.6 Å². The Morgan fingerprint density at radius 1 is 0.649 bits per heavy atom. The summed E-state index contributed by atoms with van der Waals surface area (Å²) in [5.74, 6) is 4.31. The second-order valence-electron chi connectivity index (χ2n) is 17.6. The first-order valence-electron chi connectivity index (χ1n) is 20.7. The van der Waals surface area contributed by atoms with Crippen LogP contribution in [0.2, 0.25) is 0 Å². The van der Waals surface area contributed by atoms with Crippen molar-refractivity contribution >= 4 is 50.9 Å². The highest BCUT2D eigenvalue weighted by molar-refractivity contribution is 6.98. The molecule has 0 aromatic heterocycles. The van der Waals surface area contributed by atoms with Gasteiger partial charge in [0.25, 0.3) is 6.71 Å². The van der Waals surface area contributed by atoms with Crippen molar-refractivity contribution in [1.82, 2.24) is 0 Å². The van der Waals surface area contributed by atoms with Crippen molar-refractivity contribution in [1.29, 1.82) is 0 Å². The standard InChI is InChI=1S/C53H46BNO2/c1-6-34-26-33(2)31-53(5,32-34)35-27-48-51-49(28-35)57-47-29-40-38-24-25-45(55(36-16-9-7-10-17-36)37-18-11-8-12-19-37)39-20-15-21-41(50(38)39)52(3,4)42(40)30-44(47)54(51)43-22-13-14-23-46(43)56-48/h7-25,27-30,32-33H,6,26,31H2,1-5H3. The molecular weight excluding hydrogens is 693 g/mol. The van der Waals surface area contributed by atoms with Crippen molar-refractivity contribution in [2.24, 2.45) is 5.92 Å². The van der Waals surface area contributed by atoms with Gasteiger partial charge in [-0.2, -0.15) is 0 Å².